The molecule has 1 heterocycles. The van der Waals surface area contributed by atoms with Crippen LogP contribution in [0.5, 0.6) is 0 Å². The lowest BCUT2D eigenvalue weighted by Gasteiger charge is -2.23. The van der Waals surface area contributed by atoms with Crippen molar-refractivity contribution in [1.82, 2.24) is 15.4 Å². The zero-order valence-corrected chi connectivity index (χ0v) is 22.2. The first-order valence-corrected chi connectivity index (χ1v) is 12.6. The molecule has 1 aromatic carbocycles. The third kappa shape index (κ3) is 10.9. The third-order valence-electron chi connectivity index (χ3n) is 4.78. The van der Waals surface area contributed by atoms with Gasteiger partial charge in [0.1, 0.15) is 0 Å². The molecule has 0 aliphatic carbocycles. The number of sulfonamides is 1. The Balaban J connectivity index is 0.00000512. The van der Waals surface area contributed by atoms with Crippen LogP contribution in [0.25, 0.3) is 0 Å². The molecule has 0 radical (unpaired) electrons. The number of allylic oxidation sites excluding steroid dienone is 1. The first-order chi connectivity index (χ1) is 14.8. The summed E-state index contributed by atoms with van der Waals surface area (Å²) >= 11 is 0. The minimum Gasteiger partial charge on any atom is -0.376 e. The van der Waals surface area contributed by atoms with Crippen LogP contribution in [0.4, 0.5) is 0 Å². The van der Waals surface area contributed by atoms with Gasteiger partial charge >= 0.3 is 0 Å². The second-order valence-electron chi connectivity index (χ2n) is 8.45. The summed E-state index contributed by atoms with van der Waals surface area (Å²) in [6.45, 7) is 10.5. The molecule has 3 N–H and O–H groups in total. The van der Waals surface area contributed by atoms with Gasteiger partial charge in [-0.25, -0.2) is 18.1 Å². The van der Waals surface area contributed by atoms with E-state index in [-0.39, 0.29) is 34.0 Å². The summed E-state index contributed by atoms with van der Waals surface area (Å²) in [6.07, 6.45) is 6.68. The molecule has 1 aliphatic rings. The molecule has 0 spiro atoms. The quantitative estimate of drug-likeness (QED) is 0.184. The maximum Gasteiger partial charge on any atom is 0.240 e. The van der Waals surface area contributed by atoms with Crippen molar-refractivity contribution in [3.63, 3.8) is 0 Å². The molecule has 1 aromatic rings. The van der Waals surface area contributed by atoms with E-state index >= 15 is 0 Å². The number of nitrogens with one attached hydrogen (secondary N) is 3. The lowest BCUT2D eigenvalue weighted by atomic mass is 10.1. The van der Waals surface area contributed by atoms with E-state index in [1.165, 1.54) is 12.0 Å². The molecule has 182 valence electrons. The highest BCUT2D eigenvalue weighted by Crippen LogP contribution is 2.13. The van der Waals surface area contributed by atoms with Gasteiger partial charge in [0.05, 0.1) is 17.5 Å². The van der Waals surface area contributed by atoms with E-state index in [0.29, 0.717) is 19.0 Å². The van der Waals surface area contributed by atoms with Crippen molar-refractivity contribution in [1.29, 1.82) is 0 Å². The zero-order chi connectivity index (χ0) is 22.7. The van der Waals surface area contributed by atoms with Crippen molar-refractivity contribution in [2.45, 2.75) is 77.0 Å². The Kier molecular flexibility index (Phi) is 13.1. The summed E-state index contributed by atoms with van der Waals surface area (Å²) < 4.78 is 33.3. The van der Waals surface area contributed by atoms with Crippen LogP contribution in [-0.4, -0.2) is 46.2 Å². The zero-order valence-electron chi connectivity index (χ0n) is 19.7. The van der Waals surface area contributed by atoms with Crippen LogP contribution < -0.4 is 15.4 Å². The maximum absolute atomic E-state index is 12.4. The van der Waals surface area contributed by atoms with Crippen LogP contribution in [0.1, 0.15) is 58.9 Å². The number of ether oxygens (including phenoxy) is 1. The van der Waals surface area contributed by atoms with Gasteiger partial charge in [0.25, 0.3) is 0 Å². The number of aliphatic imine (C=N–C) groups is 1. The van der Waals surface area contributed by atoms with E-state index < -0.39 is 10.0 Å². The second kappa shape index (κ2) is 14.7. The molecule has 1 unspecified atom stereocenters. The van der Waals surface area contributed by atoms with Crippen LogP contribution in [-0.2, 0) is 21.3 Å². The van der Waals surface area contributed by atoms with E-state index in [0.717, 1.165) is 38.0 Å². The molecular weight excluding hydrogens is 492 g/mol. The Morgan fingerprint density at radius 1 is 1.25 bits per heavy atom. The van der Waals surface area contributed by atoms with Crippen molar-refractivity contribution >= 4 is 33.0 Å². The Labute approximate surface area is 204 Å². The van der Waals surface area contributed by atoms with Crippen LogP contribution in [0, 0.1) is 0 Å². The Hall–Kier alpha value is -1.42. The first kappa shape index (κ1) is 28.6. The predicted molar refractivity (Wildman–Crippen MR) is 137 cm³/mol. The highest BCUT2D eigenvalue weighted by atomic mass is 79.9. The van der Waals surface area contributed by atoms with Crippen molar-refractivity contribution in [3.05, 3.63) is 41.5 Å². The second-order valence-corrected chi connectivity index (χ2v) is 10.2. The van der Waals surface area contributed by atoms with Crippen LogP contribution in [0.3, 0.4) is 0 Å². The average Bonchev–Trinajstić information content (AvgIpc) is 2.72. The molecule has 0 amide bonds. The van der Waals surface area contributed by atoms with Gasteiger partial charge in [-0.05, 0) is 71.1 Å². The fourth-order valence-corrected chi connectivity index (χ4v) is 4.59. The third-order valence-corrected chi connectivity index (χ3v) is 6.44. The first-order valence-electron chi connectivity index (χ1n) is 11.1. The Bertz CT molecular complexity index is 847. The van der Waals surface area contributed by atoms with Gasteiger partial charge in [-0.2, -0.15) is 0 Å². The van der Waals surface area contributed by atoms with Gasteiger partial charge in [0.15, 0.2) is 5.96 Å². The summed E-state index contributed by atoms with van der Waals surface area (Å²) in [5, 5.41) is 6.75. The minimum atomic E-state index is -3.52. The van der Waals surface area contributed by atoms with Crippen LogP contribution in [0.2, 0.25) is 0 Å². The standard InChI is InChI=1S/C23H38N4O3S.BrH/c1-18(2)9-8-13-24-23(26-17-21-11-5-6-14-30-21)25-16-20-10-7-12-22(15-20)31(28,29)27-19(3)4;/h7,9-10,12,15,19,21,27H,5-6,8,11,13-14,16-17H2,1-4H3,(H2,24,25,26);1H. The van der Waals surface area contributed by atoms with E-state index in [9.17, 15) is 8.42 Å². The van der Waals surface area contributed by atoms with E-state index in [2.05, 4.69) is 40.3 Å². The average molecular weight is 532 g/mol. The minimum absolute atomic E-state index is 0. The fraction of sp³-hybridized carbons (Fsp3) is 0.609. The van der Waals surface area contributed by atoms with Crippen LogP contribution in [0.15, 0.2) is 45.8 Å². The summed E-state index contributed by atoms with van der Waals surface area (Å²) in [5.41, 5.74) is 2.13. The fourth-order valence-electron chi connectivity index (χ4n) is 3.26. The highest BCUT2D eigenvalue weighted by molar-refractivity contribution is 8.93. The Morgan fingerprint density at radius 2 is 2.03 bits per heavy atom. The monoisotopic (exact) mass is 530 g/mol. The number of guanidine groups is 1. The normalized spacial score (nSPS) is 16.9. The summed E-state index contributed by atoms with van der Waals surface area (Å²) in [6, 6.07) is 6.77. The lowest BCUT2D eigenvalue weighted by molar-refractivity contribution is 0.0194. The van der Waals surface area contributed by atoms with Gasteiger partial charge in [-0.3, -0.25) is 0 Å². The smallest absolute Gasteiger partial charge is 0.240 e. The topological polar surface area (TPSA) is 91.8 Å². The van der Waals surface area contributed by atoms with Gasteiger partial charge in [0, 0.05) is 25.7 Å². The van der Waals surface area contributed by atoms with E-state index in [1.807, 2.05) is 6.07 Å². The van der Waals surface area contributed by atoms with Crippen molar-refractivity contribution < 1.29 is 13.2 Å². The van der Waals surface area contributed by atoms with Crippen molar-refractivity contribution in [2.75, 3.05) is 19.7 Å². The van der Waals surface area contributed by atoms with E-state index in [1.54, 1.807) is 32.0 Å². The molecule has 0 saturated carbocycles. The lowest BCUT2D eigenvalue weighted by Crippen LogP contribution is -2.42. The van der Waals surface area contributed by atoms with Crippen LogP contribution >= 0.6 is 17.0 Å². The molecule has 7 nitrogen and oxygen atoms in total. The highest BCUT2D eigenvalue weighted by Gasteiger charge is 2.16. The Morgan fingerprint density at radius 3 is 2.69 bits per heavy atom. The molecule has 2 rings (SSSR count). The number of hydrogen-bond acceptors (Lipinski definition) is 4. The van der Waals surface area contributed by atoms with E-state index in [4.69, 9.17) is 4.74 Å². The summed E-state index contributed by atoms with van der Waals surface area (Å²) in [7, 11) is -3.52. The predicted octanol–water partition coefficient (Wildman–Crippen LogP) is 3.91. The molecule has 0 bridgehead atoms. The number of nitrogens with zero attached hydrogens (tertiary/aromatic N) is 1. The van der Waals surface area contributed by atoms with Gasteiger partial charge in [-0.15, -0.1) is 17.0 Å². The largest absolute Gasteiger partial charge is 0.376 e. The molecule has 32 heavy (non-hydrogen) atoms. The SMILES string of the molecule is Br.CC(C)=CCCNC(=NCc1cccc(S(=O)(=O)NC(C)C)c1)NCC1CCCCO1. The van der Waals surface area contributed by atoms with Crippen molar-refractivity contribution in [3.8, 4) is 0 Å². The van der Waals surface area contributed by atoms with Crippen molar-refractivity contribution in [2.24, 2.45) is 4.99 Å². The number of benzene rings is 1. The molecular formula is C23H39BrN4O3S. The number of hydrogen-bond donors (Lipinski definition) is 3. The summed E-state index contributed by atoms with van der Waals surface area (Å²) in [4.78, 5) is 4.94. The van der Waals surface area contributed by atoms with Gasteiger partial charge < -0.3 is 15.4 Å². The molecule has 1 atom stereocenters. The molecule has 1 fully saturated rings. The maximum atomic E-state index is 12.4. The summed E-state index contributed by atoms with van der Waals surface area (Å²) in [5.74, 6) is 0.713. The molecule has 9 heteroatoms. The molecule has 1 saturated heterocycles. The van der Waals surface area contributed by atoms with Gasteiger partial charge in [-0.1, -0.05) is 23.8 Å². The van der Waals surface area contributed by atoms with Gasteiger partial charge in [0.2, 0.25) is 10.0 Å². The number of halogens is 1. The number of rotatable bonds is 10. The molecule has 0 aromatic heterocycles. The molecule has 1 aliphatic heterocycles.